The van der Waals surface area contributed by atoms with E-state index in [1.165, 1.54) is 17.5 Å². The summed E-state index contributed by atoms with van der Waals surface area (Å²) in [5.74, 6) is -0.856. The number of likely N-dealkylation sites (tertiary alicyclic amines) is 1. The van der Waals surface area contributed by atoms with Gasteiger partial charge in [0, 0.05) is 26.2 Å². The minimum atomic E-state index is -1.09. The lowest BCUT2D eigenvalue weighted by atomic mass is 9.98. The summed E-state index contributed by atoms with van der Waals surface area (Å²) in [5, 5.41) is 20.3. The molecule has 0 unspecified atom stereocenters. The predicted molar refractivity (Wildman–Crippen MR) is 96.6 cm³/mol. The number of carboxylic acid groups (broad SMARTS) is 1. The summed E-state index contributed by atoms with van der Waals surface area (Å²) in [4.78, 5) is 30.7. The number of nitrogens with zero attached hydrogens (tertiary/aromatic N) is 5. The minimum absolute atomic E-state index is 0.0127. The van der Waals surface area contributed by atoms with Crippen LogP contribution in [0, 0.1) is 12.8 Å². The Hall–Kier alpha value is -2.49. The molecule has 2 aromatic rings. The molecule has 1 atom stereocenters. The summed E-state index contributed by atoms with van der Waals surface area (Å²) in [6, 6.07) is 0. The fourth-order valence-corrected chi connectivity index (χ4v) is 4.12. The Labute approximate surface area is 155 Å². The van der Waals surface area contributed by atoms with Crippen molar-refractivity contribution in [3.63, 3.8) is 0 Å². The number of aromatic carboxylic acids is 1. The van der Waals surface area contributed by atoms with Crippen molar-refractivity contribution in [1.29, 1.82) is 0 Å². The number of carboxylic acids is 1. The van der Waals surface area contributed by atoms with Gasteiger partial charge in [-0.2, -0.15) is 0 Å². The average molecular weight is 378 g/mol. The second-order valence-electron chi connectivity index (χ2n) is 6.35. The van der Waals surface area contributed by atoms with Gasteiger partial charge in [0.15, 0.2) is 10.8 Å². The number of hydrogen-bond acceptors (Lipinski definition) is 7. The summed E-state index contributed by atoms with van der Waals surface area (Å²) in [6.07, 6.45) is 3.31. The lowest BCUT2D eigenvalue weighted by Crippen LogP contribution is -2.41. The number of aromatic nitrogens is 4. The summed E-state index contributed by atoms with van der Waals surface area (Å²) in [5.41, 5.74) is 0.686. The first-order chi connectivity index (χ1) is 12.5. The van der Waals surface area contributed by atoms with Crippen molar-refractivity contribution in [3.8, 4) is 0 Å². The molecular weight excluding hydrogens is 356 g/mol. The lowest BCUT2D eigenvalue weighted by Gasteiger charge is -2.32. The molecule has 3 rings (SSSR count). The second-order valence-corrected chi connectivity index (χ2v) is 7.35. The Morgan fingerprint density at radius 2 is 2.27 bits per heavy atom. The normalized spacial score (nSPS) is 17.3. The predicted octanol–water partition coefficient (Wildman–Crippen LogP) is 1.73. The molecule has 1 fully saturated rings. The number of anilines is 1. The van der Waals surface area contributed by atoms with Gasteiger partial charge in [-0.05, 0) is 32.6 Å². The van der Waals surface area contributed by atoms with Gasteiger partial charge in [-0.3, -0.25) is 9.48 Å². The first kappa shape index (κ1) is 18.3. The van der Waals surface area contributed by atoms with Crippen LogP contribution in [0.2, 0.25) is 0 Å². The van der Waals surface area contributed by atoms with Crippen molar-refractivity contribution in [1.82, 2.24) is 24.9 Å². The zero-order chi connectivity index (χ0) is 18.7. The summed E-state index contributed by atoms with van der Waals surface area (Å²) < 4.78 is 1.54. The van der Waals surface area contributed by atoms with Crippen molar-refractivity contribution in [2.75, 3.05) is 25.0 Å². The number of hydrogen-bond donors (Lipinski definition) is 2. The van der Waals surface area contributed by atoms with Gasteiger partial charge in [0.05, 0.1) is 11.9 Å². The monoisotopic (exact) mass is 378 g/mol. The molecule has 0 aliphatic carbocycles. The first-order valence-corrected chi connectivity index (χ1v) is 9.43. The van der Waals surface area contributed by atoms with E-state index < -0.39 is 5.97 Å². The van der Waals surface area contributed by atoms with E-state index in [-0.39, 0.29) is 17.5 Å². The summed E-state index contributed by atoms with van der Waals surface area (Å²) >= 11 is 1.39. The number of amides is 1. The highest BCUT2D eigenvalue weighted by atomic mass is 32.1. The molecule has 9 nitrogen and oxygen atoms in total. The zero-order valence-electron chi connectivity index (χ0n) is 14.8. The maximum Gasteiger partial charge on any atom is 0.358 e. The van der Waals surface area contributed by atoms with Crippen LogP contribution in [0.15, 0.2) is 6.20 Å². The molecule has 10 heteroatoms. The van der Waals surface area contributed by atoms with E-state index in [0.29, 0.717) is 18.0 Å². The van der Waals surface area contributed by atoms with E-state index in [1.54, 1.807) is 4.68 Å². The Morgan fingerprint density at radius 1 is 1.46 bits per heavy atom. The smallest absolute Gasteiger partial charge is 0.358 e. The molecule has 0 aromatic carbocycles. The number of thiazole rings is 1. The molecule has 1 saturated heterocycles. The van der Waals surface area contributed by atoms with Crippen LogP contribution in [0.25, 0.3) is 0 Å². The molecule has 1 aliphatic heterocycles. The van der Waals surface area contributed by atoms with E-state index in [2.05, 4.69) is 20.6 Å². The van der Waals surface area contributed by atoms with Crippen molar-refractivity contribution in [2.24, 2.45) is 5.92 Å². The van der Waals surface area contributed by atoms with E-state index in [9.17, 15) is 9.59 Å². The van der Waals surface area contributed by atoms with Crippen LogP contribution in [0.4, 0.5) is 5.13 Å². The van der Waals surface area contributed by atoms with Crippen molar-refractivity contribution in [2.45, 2.75) is 33.2 Å². The van der Waals surface area contributed by atoms with Crippen LogP contribution in [-0.2, 0) is 6.54 Å². The van der Waals surface area contributed by atoms with Crippen molar-refractivity contribution < 1.29 is 14.7 Å². The quantitative estimate of drug-likeness (QED) is 0.787. The van der Waals surface area contributed by atoms with E-state index in [1.807, 2.05) is 18.7 Å². The number of rotatable bonds is 6. The van der Waals surface area contributed by atoms with Gasteiger partial charge in [0.2, 0.25) is 0 Å². The molecular formula is C16H22N6O3S. The first-order valence-electron chi connectivity index (χ1n) is 8.62. The largest absolute Gasteiger partial charge is 0.476 e. The van der Waals surface area contributed by atoms with Gasteiger partial charge in [0.1, 0.15) is 4.88 Å². The summed E-state index contributed by atoms with van der Waals surface area (Å²) in [6.45, 7) is 6.51. The molecule has 2 aromatic heterocycles. The third kappa shape index (κ3) is 4.01. The van der Waals surface area contributed by atoms with Crippen LogP contribution >= 0.6 is 11.3 Å². The van der Waals surface area contributed by atoms with Gasteiger partial charge < -0.3 is 15.3 Å². The SMILES string of the molecule is CCNc1nc(C)c(C(=O)N2CCC[C@@H](Cn3cc(C(=O)O)nn3)C2)s1. The third-order valence-corrected chi connectivity index (χ3v) is 5.43. The lowest BCUT2D eigenvalue weighted by molar-refractivity contribution is 0.0662. The highest BCUT2D eigenvalue weighted by molar-refractivity contribution is 7.17. The number of carbonyl (C=O) groups excluding carboxylic acids is 1. The van der Waals surface area contributed by atoms with Crippen molar-refractivity contribution in [3.05, 3.63) is 22.5 Å². The van der Waals surface area contributed by atoms with Crippen LogP contribution in [0.1, 0.15) is 45.6 Å². The topological polar surface area (TPSA) is 113 Å². The highest BCUT2D eigenvalue weighted by Gasteiger charge is 2.27. The van der Waals surface area contributed by atoms with Crippen LogP contribution in [0.3, 0.4) is 0 Å². The van der Waals surface area contributed by atoms with Gasteiger partial charge >= 0.3 is 5.97 Å². The maximum atomic E-state index is 12.9. The fraction of sp³-hybridized carbons (Fsp3) is 0.562. The maximum absolute atomic E-state index is 12.9. The van der Waals surface area contributed by atoms with Crippen LogP contribution < -0.4 is 5.32 Å². The second kappa shape index (κ2) is 7.81. The number of aryl methyl sites for hydroxylation is 1. The molecule has 26 heavy (non-hydrogen) atoms. The summed E-state index contributed by atoms with van der Waals surface area (Å²) in [7, 11) is 0. The van der Waals surface area contributed by atoms with Gasteiger partial charge in [-0.25, -0.2) is 9.78 Å². The molecule has 3 heterocycles. The Kier molecular flexibility index (Phi) is 5.50. The zero-order valence-corrected chi connectivity index (χ0v) is 15.6. The Bertz CT molecular complexity index is 802. The van der Waals surface area contributed by atoms with E-state index in [4.69, 9.17) is 5.11 Å². The Morgan fingerprint density at radius 3 is 2.96 bits per heavy atom. The molecule has 1 amide bonds. The average Bonchev–Trinajstić information content (AvgIpc) is 3.22. The van der Waals surface area contributed by atoms with Gasteiger partial charge in [0.25, 0.3) is 5.91 Å². The molecule has 140 valence electrons. The van der Waals surface area contributed by atoms with Crippen LogP contribution in [-0.4, -0.2) is 61.5 Å². The van der Waals surface area contributed by atoms with Crippen molar-refractivity contribution >= 4 is 28.3 Å². The third-order valence-electron chi connectivity index (χ3n) is 4.33. The standard InChI is InChI=1S/C16H22N6O3S/c1-3-17-16-18-10(2)13(26-16)14(23)21-6-4-5-11(7-21)8-22-9-12(15(24)25)19-20-22/h9,11H,3-8H2,1-2H3,(H,17,18)(H,24,25)/t11-/m1/s1. The van der Waals surface area contributed by atoms with Gasteiger partial charge in [-0.15, -0.1) is 5.10 Å². The number of piperidine rings is 1. The number of nitrogens with one attached hydrogen (secondary N) is 1. The molecule has 0 radical (unpaired) electrons. The van der Waals surface area contributed by atoms with Crippen LogP contribution in [0.5, 0.6) is 0 Å². The van der Waals surface area contributed by atoms with E-state index in [0.717, 1.165) is 36.8 Å². The minimum Gasteiger partial charge on any atom is -0.476 e. The molecule has 2 N–H and O–H groups in total. The van der Waals surface area contributed by atoms with Gasteiger partial charge in [-0.1, -0.05) is 16.6 Å². The fourth-order valence-electron chi connectivity index (χ4n) is 3.11. The Balaban J connectivity index is 1.65. The molecule has 1 aliphatic rings. The molecule has 0 spiro atoms. The highest BCUT2D eigenvalue weighted by Crippen LogP contribution is 2.26. The number of carbonyl (C=O) groups is 2. The molecule has 0 saturated carbocycles. The van der Waals surface area contributed by atoms with E-state index >= 15 is 0 Å². The molecule has 0 bridgehead atoms.